The summed E-state index contributed by atoms with van der Waals surface area (Å²) in [6.07, 6.45) is -0.312. The van der Waals surface area contributed by atoms with Crippen LogP contribution in [0.1, 0.15) is 85.7 Å². The number of allylic oxidation sites excluding steroid dienone is 2. The average Bonchev–Trinajstić information content (AvgIpc) is 3.64. The van der Waals surface area contributed by atoms with Crippen molar-refractivity contribution in [2.24, 2.45) is 17.8 Å². The van der Waals surface area contributed by atoms with Gasteiger partial charge >= 0.3 is 12.1 Å². The number of hydrogen-bond donors (Lipinski definition) is 0. The molecule has 0 N–H and O–H groups in total. The van der Waals surface area contributed by atoms with E-state index in [-0.39, 0.29) is 64.9 Å². The van der Waals surface area contributed by atoms with E-state index in [1.807, 2.05) is 13.0 Å². The number of nitrogens with zero attached hydrogens (tertiary/aromatic N) is 2. The highest BCUT2D eigenvalue weighted by Gasteiger charge is 2.65. The molecular weight excluding hydrogens is 545 g/mol. The van der Waals surface area contributed by atoms with Crippen molar-refractivity contribution in [1.82, 2.24) is 9.78 Å². The second-order valence-corrected chi connectivity index (χ2v) is 11.6. The molecule has 40 heavy (non-hydrogen) atoms. The van der Waals surface area contributed by atoms with Crippen molar-refractivity contribution in [3.8, 4) is 0 Å². The van der Waals surface area contributed by atoms with E-state index in [9.17, 15) is 27.6 Å². The molecular formula is C30H32ClF3N2O4. The van der Waals surface area contributed by atoms with Crippen LogP contribution in [0.3, 0.4) is 0 Å². The monoisotopic (exact) mass is 576 g/mol. The SMILES string of the molecule is CCOC(=O)[C@@H]1CCC(c2nn(C(=O)c3c(Cl)cccc3C3(C(F)(F)F)CC3)c3c2CCC(C(C)=O)C3)=C[C@@H]1C. The molecule has 1 aromatic heterocycles. The fourth-order valence-electron chi connectivity index (χ4n) is 6.33. The molecule has 2 aromatic rings. The minimum atomic E-state index is -4.53. The molecule has 214 valence electrons. The molecule has 0 amide bonds. The van der Waals surface area contributed by atoms with Crippen molar-refractivity contribution in [2.75, 3.05) is 6.61 Å². The Labute approximate surface area is 235 Å². The van der Waals surface area contributed by atoms with Crippen molar-refractivity contribution >= 4 is 34.8 Å². The fraction of sp³-hybridized carbons (Fsp3) is 0.533. The first-order valence-electron chi connectivity index (χ1n) is 13.8. The minimum absolute atomic E-state index is 0.0115. The number of esters is 1. The summed E-state index contributed by atoms with van der Waals surface area (Å²) in [4.78, 5) is 38.8. The Kier molecular flexibility index (Phi) is 7.48. The molecule has 3 aliphatic carbocycles. The summed E-state index contributed by atoms with van der Waals surface area (Å²) in [6, 6.07) is 4.18. The molecule has 5 rings (SSSR count). The number of aromatic nitrogens is 2. The topological polar surface area (TPSA) is 78.3 Å². The van der Waals surface area contributed by atoms with E-state index in [1.165, 1.54) is 29.8 Å². The van der Waals surface area contributed by atoms with E-state index in [2.05, 4.69) is 0 Å². The lowest BCUT2D eigenvalue weighted by Gasteiger charge is -2.26. The second kappa shape index (κ2) is 10.5. The van der Waals surface area contributed by atoms with Crippen molar-refractivity contribution in [2.45, 2.75) is 77.3 Å². The number of carbonyl (C=O) groups excluding carboxylic acids is 3. The number of alkyl halides is 3. The Morgan fingerprint density at radius 3 is 2.50 bits per heavy atom. The number of hydrogen-bond acceptors (Lipinski definition) is 5. The smallest absolute Gasteiger partial charge is 0.398 e. The second-order valence-electron chi connectivity index (χ2n) is 11.2. The zero-order valence-electron chi connectivity index (χ0n) is 22.7. The molecule has 1 aromatic carbocycles. The van der Waals surface area contributed by atoms with Crippen LogP contribution in [0.5, 0.6) is 0 Å². The lowest BCUT2D eigenvalue weighted by molar-refractivity contribution is -0.160. The number of benzene rings is 1. The molecule has 3 atom stereocenters. The summed E-state index contributed by atoms with van der Waals surface area (Å²) in [5, 5.41) is 4.64. The summed E-state index contributed by atoms with van der Waals surface area (Å²) >= 11 is 6.43. The number of ether oxygens (including phenoxy) is 1. The number of fused-ring (bicyclic) bond motifs is 1. The predicted molar refractivity (Wildman–Crippen MR) is 143 cm³/mol. The average molecular weight is 577 g/mol. The number of halogens is 4. The number of Topliss-reactive ketones (excluding diaryl/α,β-unsaturated/α-hetero) is 1. The molecule has 6 nitrogen and oxygen atoms in total. The molecule has 0 bridgehead atoms. The minimum Gasteiger partial charge on any atom is -0.466 e. The molecule has 0 aliphatic heterocycles. The van der Waals surface area contributed by atoms with Gasteiger partial charge in [-0.1, -0.05) is 36.7 Å². The van der Waals surface area contributed by atoms with E-state index in [0.29, 0.717) is 43.7 Å². The fourth-order valence-corrected chi connectivity index (χ4v) is 6.59. The van der Waals surface area contributed by atoms with E-state index in [1.54, 1.807) is 6.92 Å². The highest BCUT2D eigenvalue weighted by atomic mass is 35.5. The van der Waals surface area contributed by atoms with Gasteiger partial charge in [0.05, 0.1) is 39.9 Å². The third kappa shape index (κ3) is 4.80. The van der Waals surface area contributed by atoms with Crippen LogP contribution < -0.4 is 0 Å². The van der Waals surface area contributed by atoms with Gasteiger partial charge in [0, 0.05) is 11.5 Å². The van der Waals surface area contributed by atoms with Gasteiger partial charge in [-0.2, -0.15) is 23.0 Å². The molecule has 10 heteroatoms. The van der Waals surface area contributed by atoms with Gasteiger partial charge in [0.2, 0.25) is 0 Å². The maximum Gasteiger partial charge on any atom is 0.398 e. The van der Waals surface area contributed by atoms with Crippen LogP contribution in [0.15, 0.2) is 24.3 Å². The van der Waals surface area contributed by atoms with Gasteiger partial charge in [0.1, 0.15) is 5.78 Å². The molecule has 3 aliphatic rings. The standard InChI is InChI=1S/C30H32ClF3N2O4/c1-4-40-28(39)20-10-9-19(14-16(20)2)26-21-11-8-18(17(3)37)15-24(21)36(35-26)27(38)25-22(6-5-7-23(25)31)29(12-13-29)30(32,33)34/h5-7,14,16,18,20H,4,8-13,15H2,1-3H3/t16-,18?,20+/m0/s1. The third-order valence-electron chi connectivity index (χ3n) is 8.79. The Morgan fingerprint density at radius 1 is 1.18 bits per heavy atom. The summed E-state index contributed by atoms with van der Waals surface area (Å²) < 4.78 is 48.8. The van der Waals surface area contributed by atoms with Gasteiger partial charge in [-0.25, -0.2) is 0 Å². The van der Waals surface area contributed by atoms with E-state index < -0.39 is 17.5 Å². The van der Waals surface area contributed by atoms with E-state index >= 15 is 0 Å². The quantitative estimate of drug-likeness (QED) is 0.367. The molecule has 0 spiro atoms. The first kappa shape index (κ1) is 28.6. The van der Waals surface area contributed by atoms with Crippen LogP contribution >= 0.6 is 11.6 Å². The van der Waals surface area contributed by atoms with E-state index in [0.717, 1.165) is 11.1 Å². The summed E-state index contributed by atoms with van der Waals surface area (Å²) in [5.41, 5.74) is 0.402. The number of ketones is 1. The highest BCUT2D eigenvalue weighted by molar-refractivity contribution is 6.34. The van der Waals surface area contributed by atoms with E-state index in [4.69, 9.17) is 21.4 Å². The van der Waals surface area contributed by atoms with Crippen molar-refractivity contribution in [1.29, 1.82) is 0 Å². The Balaban J connectivity index is 1.60. The van der Waals surface area contributed by atoms with Crippen molar-refractivity contribution in [3.05, 3.63) is 57.4 Å². The van der Waals surface area contributed by atoms with Crippen LogP contribution in [-0.2, 0) is 32.6 Å². The predicted octanol–water partition coefficient (Wildman–Crippen LogP) is 6.51. The molecule has 1 saturated carbocycles. The van der Waals surface area contributed by atoms with Crippen LogP contribution in [0.4, 0.5) is 13.2 Å². The van der Waals surface area contributed by atoms with Gasteiger partial charge < -0.3 is 4.74 Å². The zero-order chi connectivity index (χ0) is 29.0. The Morgan fingerprint density at radius 2 is 1.90 bits per heavy atom. The molecule has 0 saturated heterocycles. The maximum atomic E-state index is 14.1. The largest absolute Gasteiger partial charge is 0.466 e. The summed E-state index contributed by atoms with van der Waals surface area (Å²) in [7, 11) is 0. The summed E-state index contributed by atoms with van der Waals surface area (Å²) in [5.74, 6) is -1.70. The Bertz CT molecular complexity index is 1410. The van der Waals surface area contributed by atoms with Crippen molar-refractivity contribution < 1.29 is 32.3 Å². The molecule has 1 fully saturated rings. The number of carbonyl (C=O) groups is 3. The van der Waals surface area contributed by atoms with Crippen LogP contribution in [0, 0.1) is 17.8 Å². The normalized spacial score (nSPS) is 23.7. The van der Waals surface area contributed by atoms with Gasteiger partial charge in [0.25, 0.3) is 5.91 Å². The lowest BCUT2D eigenvalue weighted by Crippen LogP contribution is -2.32. The van der Waals surface area contributed by atoms with Crippen LogP contribution in [0.25, 0.3) is 5.57 Å². The van der Waals surface area contributed by atoms with Crippen LogP contribution in [-0.4, -0.2) is 40.2 Å². The van der Waals surface area contributed by atoms with Gasteiger partial charge in [-0.3, -0.25) is 14.4 Å². The number of rotatable bonds is 6. The molecule has 0 radical (unpaired) electrons. The van der Waals surface area contributed by atoms with Gasteiger partial charge in [0.15, 0.2) is 0 Å². The first-order chi connectivity index (χ1) is 18.9. The van der Waals surface area contributed by atoms with Crippen molar-refractivity contribution in [3.63, 3.8) is 0 Å². The van der Waals surface area contributed by atoms with Gasteiger partial charge in [-0.05, 0) is 81.9 Å². The zero-order valence-corrected chi connectivity index (χ0v) is 23.5. The Hall–Kier alpha value is -2.94. The molecule has 1 unspecified atom stereocenters. The van der Waals surface area contributed by atoms with Gasteiger partial charge in [-0.15, -0.1) is 0 Å². The molecule has 1 heterocycles. The maximum absolute atomic E-state index is 14.1. The lowest BCUT2D eigenvalue weighted by atomic mass is 9.78. The summed E-state index contributed by atoms with van der Waals surface area (Å²) in [6.45, 7) is 5.51. The third-order valence-corrected chi connectivity index (χ3v) is 9.11. The van der Waals surface area contributed by atoms with Crippen LogP contribution in [0.2, 0.25) is 5.02 Å². The first-order valence-corrected chi connectivity index (χ1v) is 14.2. The highest BCUT2D eigenvalue weighted by Crippen LogP contribution is 2.60.